The topological polar surface area (TPSA) is 105 Å². The molecule has 0 aliphatic carbocycles. The lowest BCUT2D eigenvalue weighted by Crippen LogP contribution is -2.38. The third-order valence-electron chi connectivity index (χ3n) is 4.63. The van der Waals surface area contributed by atoms with Crippen molar-refractivity contribution < 1.29 is 34.7 Å². The van der Waals surface area contributed by atoms with Crippen LogP contribution in [0.3, 0.4) is 0 Å². The van der Waals surface area contributed by atoms with Gasteiger partial charge in [-0.15, -0.1) is 0 Å². The van der Waals surface area contributed by atoms with Crippen LogP contribution in [0, 0.1) is 5.41 Å². The molecule has 8 nitrogen and oxygen atoms in total. The summed E-state index contributed by atoms with van der Waals surface area (Å²) in [5.41, 5.74) is 0.724. The van der Waals surface area contributed by atoms with Gasteiger partial charge < -0.3 is 9.47 Å². The number of methoxy groups -OCH3 is 2. The highest BCUT2D eigenvalue weighted by atomic mass is 32.2. The first kappa shape index (κ1) is 25.1. The van der Waals surface area contributed by atoms with Crippen molar-refractivity contribution in [3.8, 4) is 11.5 Å². The lowest BCUT2D eigenvalue weighted by atomic mass is 9.78. The lowest BCUT2D eigenvalue weighted by molar-refractivity contribution is 0.0851. The molecule has 0 saturated heterocycles. The van der Waals surface area contributed by atoms with E-state index < -0.39 is 25.7 Å². The lowest BCUT2D eigenvalue weighted by Gasteiger charge is -2.33. The molecule has 0 radical (unpaired) electrons. The number of hydrogen-bond acceptors (Lipinski definition) is 8. The van der Waals surface area contributed by atoms with E-state index in [0.29, 0.717) is 24.3 Å². The van der Waals surface area contributed by atoms with Crippen molar-refractivity contribution in [2.75, 3.05) is 39.9 Å². The Bertz CT molecular complexity index is 956. The molecular formula is C21H28O8S2. The van der Waals surface area contributed by atoms with Crippen molar-refractivity contribution >= 4 is 20.2 Å². The van der Waals surface area contributed by atoms with Crippen molar-refractivity contribution in [1.82, 2.24) is 0 Å². The Morgan fingerprint density at radius 3 is 1.23 bits per heavy atom. The summed E-state index contributed by atoms with van der Waals surface area (Å²) in [6.07, 6.45) is 2.54. The molecule has 2 aromatic carbocycles. The Morgan fingerprint density at radius 2 is 0.968 bits per heavy atom. The summed E-state index contributed by atoms with van der Waals surface area (Å²) in [4.78, 5) is 0. The second-order valence-corrected chi connectivity index (χ2v) is 10.8. The van der Waals surface area contributed by atoms with Gasteiger partial charge in [0.25, 0.3) is 20.2 Å². The summed E-state index contributed by atoms with van der Waals surface area (Å²) in [5.74, 6) is 1.34. The average molecular weight is 473 g/mol. The standard InChI is InChI=1S/C21H28O8S2/c1-26-19-9-5-17(6-10-19)13-21(15-28-30(3,22)23,16-29-31(4,24)25)14-18-7-11-20(27-2)12-8-18/h5-12H,13-16H2,1-4H3. The van der Waals surface area contributed by atoms with Crippen molar-refractivity contribution in [3.63, 3.8) is 0 Å². The van der Waals surface area contributed by atoms with E-state index in [-0.39, 0.29) is 13.2 Å². The van der Waals surface area contributed by atoms with E-state index >= 15 is 0 Å². The molecule has 0 bridgehead atoms. The van der Waals surface area contributed by atoms with Crippen LogP contribution < -0.4 is 9.47 Å². The second kappa shape index (κ2) is 10.4. The molecule has 31 heavy (non-hydrogen) atoms. The first-order valence-corrected chi connectivity index (χ1v) is 13.0. The number of rotatable bonds is 12. The summed E-state index contributed by atoms with van der Waals surface area (Å²) in [7, 11) is -4.41. The van der Waals surface area contributed by atoms with Crippen LogP contribution in [-0.4, -0.2) is 56.8 Å². The van der Waals surface area contributed by atoms with E-state index in [9.17, 15) is 16.8 Å². The van der Waals surface area contributed by atoms with E-state index in [0.717, 1.165) is 23.6 Å². The van der Waals surface area contributed by atoms with E-state index in [1.165, 1.54) is 0 Å². The molecule has 0 aliphatic heterocycles. The van der Waals surface area contributed by atoms with Crippen LogP contribution in [0.15, 0.2) is 48.5 Å². The van der Waals surface area contributed by atoms with E-state index in [1.54, 1.807) is 38.5 Å². The number of ether oxygens (including phenoxy) is 2. The van der Waals surface area contributed by atoms with E-state index in [4.69, 9.17) is 17.8 Å². The quantitative estimate of drug-likeness (QED) is 0.434. The summed E-state index contributed by atoms with van der Waals surface area (Å²) < 4.78 is 67.6. The van der Waals surface area contributed by atoms with Crippen molar-refractivity contribution in [3.05, 3.63) is 59.7 Å². The maximum atomic E-state index is 11.7. The number of benzene rings is 2. The SMILES string of the molecule is COc1ccc(CC(COS(C)(=O)=O)(COS(C)(=O)=O)Cc2ccc(OC)cc2)cc1. The van der Waals surface area contributed by atoms with Gasteiger partial charge >= 0.3 is 0 Å². The van der Waals surface area contributed by atoms with Crippen LogP contribution in [0.4, 0.5) is 0 Å². The van der Waals surface area contributed by atoms with E-state index in [1.807, 2.05) is 24.3 Å². The second-order valence-electron chi connectivity index (χ2n) is 7.48. The third kappa shape index (κ3) is 8.86. The van der Waals surface area contributed by atoms with Crippen molar-refractivity contribution in [2.24, 2.45) is 5.41 Å². The van der Waals surface area contributed by atoms with Crippen LogP contribution in [0.5, 0.6) is 11.5 Å². The predicted molar refractivity (Wildman–Crippen MR) is 117 cm³/mol. The molecule has 0 N–H and O–H groups in total. The summed E-state index contributed by atoms with van der Waals surface area (Å²) >= 11 is 0. The fourth-order valence-corrected chi connectivity index (χ4v) is 4.05. The van der Waals surface area contributed by atoms with E-state index in [2.05, 4.69) is 0 Å². The third-order valence-corrected chi connectivity index (χ3v) is 5.73. The van der Waals surface area contributed by atoms with Gasteiger partial charge in [0, 0.05) is 5.41 Å². The van der Waals surface area contributed by atoms with Crippen LogP contribution in [0.2, 0.25) is 0 Å². The monoisotopic (exact) mass is 472 g/mol. The van der Waals surface area contributed by atoms with Crippen LogP contribution >= 0.6 is 0 Å². The molecule has 0 aromatic heterocycles. The number of hydrogen-bond donors (Lipinski definition) is 0. The molecule has 0 aliphatic rings. The Labute approximate surface area is 184 Å². The Hall–Kier alpha value is -2.14. The zero-order chi connectivity index (χ0) is 23.1. The highest BCUT2D eigenvalue weighted by molar-refractivity contribution is 7.86. The zero-order valence-corrected chi connectivity index (χ0v) is 19.7. The van der Waals surface area contributed by atoms with Gasteiger partial charge in [-0.25, -0.2) is 0 Å². The van der Waals surface area contributed by atoms with Gasteiger partial charge in [-0.2, -0.15) is 16.8 Å². The Kier molecular flexibility index (Phi) is 8.47. The molecular weight excluding hydrogens is 444 g/mol. The van der Waals surface area contributed by atoms with Gasteiger partial charge in [0.15, 0.2) is 0 Å². The molecule has 0 unspecified atom stereocenters. The minimum Gasteiger partial charge on any atom is -0.497 e. The van der Waals surface area contributed by atoms with Crippen molar-refractivity contribution in [2.45, 2.75) is 12.8 Å². The van der Waals surface area contributed by atoms with Crippen molar-refractivity contribution in [1.29, 1.82) is 0 Å². The molecule has 0 atom stereocenters. The summed E-state index contributed by atoms with van der Waals surface area (Å²) in [6.45, 7) is -0.501. The summed E-state index contributed by atoms with van der Waals surface area (Å²) in [5, 5.41) is 0. The fraction of sp³-hybridized carbons (Fsp3) is 0.429. The molecule has 0 fully saturated rings. The summed E-state index contributed by atoms with van der Waals surface area (Å²) in [6, 6.07) is 14.5. The molecule has 0 saturated carbocycles. The van der Waals surface area contributed by atoms with Gasteiger partial charge in [-0.05, 0) is 48.2 Å². The first-order valence-electron chi connectivity index (χ1n) is 9.38. The largest absolute Gasteiger partial charge is 0.497 e. The minimum atomic E-state index is -3.76. The normalized spacial score (nSPS) is 12.5. The predicted octanol–water partition coefficient (Wildman–Crippen LogP) is 2.43. The molecule has 0 heterocycles. The molecule has 0 amide bonds. The fourth-order valence-electron chi connectivity index (χ4n) is 3.13. The smallest absolute Gasteiger partial charge is 0.264 e. The molecule has 0 spiro atoms. The maximum absolute atomic E-state index is 11.7. The minimum absolute atomic E-state index is 0.251. The maximum Gasteiger partial charge on any atom is 0.264 e. The molecule has 2 aromatic rings. The van der Waals surface area contributed by atoms with Gasteiger partial charge in [0.1, 0.15) is 11.5 Å². The molecule has 2 rings (SSSR count). The van der Waals surface area contributed by atoms with Gasteiger partial charge in [0.05, 0.1) is 39.9 Å². The zero-order valence-electron chi connectivity index (χ0n) is 18.0. The molecule has 10 heteroatoms. The highest BCUT2D eigenvalue weighted by Crippen LogP contribution is 2.32. The first-order chi connectivity index (χ1) is 14.4. The van der Waals surface area contributed by atoms with Crippen LogP contribution in [-0.2, 0) is 41.4 Å². The van der Waals surface area contributed by atoms with Crippen LogP contribution in [0.25, 0.3) is 0 Å². The van der Waals surface area contributed by atoms with Gasteiger partial charge in [-0.1, -0.05) is 24.3 Å². The Morgan fingerprint density at radius 1 is 0.645 bits per heavy atom. The Balaban J connectivity index is 2.44. The van der Waals surface area contributed by atoms with Gasteiger partial charge in [0.2, 0.25) is 0 Å². The molecule has 172 valence electrons. The van der Waals surface area contributed by atoms with Crippen LogP contribution in [0.1, 0.15) is 11.1 Å². The highest BCUT2D eigenvalue weighted by Gasteiger charge is 2.35. The average Bonchev–Trinajstić information content (AvgIpc) is 2.71. The van der Waals surface area contributed by atoms with Gasteiger partial charge in [-0.3, -0.25) is 8.37 Å².